The summed E-state index contributed by atoms with van der Waals surface area (Å²) in [5, 5.41) is 4.09. The van der Waals surface area contributed by atoms with Crippen LogP contribution in [0.2, 0.25) is 0 Å². The molecule has 1 atom stereocenters. The van der Waals surface area contributed by atoms with Crippen molar-refractivity contribution in [2.24, 2.45) is 0 Å². The molecular weight excluding hydrogens is 280 g/mol. The Morgan fingerprint density at radius 3 is 2.77 bits per heavy atom. The number of rotatable bonds is 4. The van der Waals surface area contributed by atoms with E-state index in [1.54, 1.807) is 12.4 Å². The SMILES string of the molecule is CC(C)(C)c1nc(N2CC[C@H](OCc3ccncc3)C2)no1. The van der Waals surface area contributed by atoms with E-state index in [1.807, 2.05) is 12.1 Å². The van der Waals surface area contributed by atoms with Crippen LogP contribution in [0.3, 0.4) is 0 Å². The molecular formula is C16H22N4O2. The molecule has 0 bridgehead atoms. The molecule has 6 heteroatoms. The smallest absolute Gasteiger partial charge is 0.266 e. The zero-order valence-corrected chi connectivity index (χ0v) is 13.3. The minimum atomic E-state index is -0.123. The lowest BCUT2D eigenvalue weighted by Crippen LogP contribution is -2.24. The number of anilines is 1. The average molecular weight is 302 g/mol. The van der Waals surface area contributed by atoms with Crippen LogP contribution in [0.5, 0.6) is 0 Å². The van der Waals surface area contributed by atoms with Crippen LogP contribution >= 0.6 is 0 Å². The van der Waals surface area contributed by atoms with Crippen LogP contribution in [0.4, 0.5) is 5.95 Å². The summed E-state index contributed by atoms with van der Waals surface area (Å²) in [6.07, 6.45) is 4.74. The van der Waals surface area contributed by atoms with Gasteiger partial charge in [-0.15, -0.1) is 0 Å². The summed E-state index contributed by atoms with van der Waals surface area (Å²) in [7, 11) is 0. The highest BCUT2D eigenvalue weighted by atomic mass is 16.5. The first-order valence-electron chi connectivity index (χ1n) is 7.62. The monoisotopic (exact) mass is 302 g/mol. The zero-order valence-electron chi connectivity index (χ0n) is 13.3. The summed E-state index contributed by atoms with van der Waals surface area (Å²) in [6.45, 7) is 8.50. The van der Waals surface area contributed by atoms with Crippen molar-refractivity contribution >= 4 is 5.95 Å². The molecule has 22 heavy (non-hydrogen) atoms. The molecule has 0 unspecified atom stereocenters. The van der Waals surface area contributed by atoms with Crippen LogP contribution in [-0.2, 0) is 16.8 Å². The van der Waals surface area contributed by atoms with Gasteiger partial charge < -0.3 is 14.2 Å². The molecule has 6 nitrogen and oxygen atoms in total. The van der Waals surface area contributed by atoms with Gasteiger partial charge >= 0.3 is 0 Å². The van der Waals surface area contributed by atoms with E-state index < -0.39 is 0 Å². The summed E-state index contributed by atoms with van der Waals surface area (Å²) >= 11 is 0. The van der Waals surface area contributed by atoms with E-state index in [0.29, 0.717) is 18.4 Å². The fourth-order valence-corrected chi connectivity index (χ4v) is 2.39. The predicted octanol–water partition coefficient (Wildman–Crippen LogP) is 2.56. The molecule has 1 aliphatic heterocycles. The third-order valence-electron chi connectivity index (χ3n) is 3.72. The van der Waals surface area contributed by atoms with Gasteiger partial charge in [0.25, 0.3) is 5.95 Å². The van der Waals surface area contributed by atoms with E-state index in [9.17, 15) is 0 Å². The average Bonchev–Trinajstić information content (AvgIpc) is 3.14. The van der Waals surface area contributed by atoms with Crippen molar-refractivity contribution in [2.75, 3.05) is 18.0 Å². The van der Waals surface area contributed by atoms with E-state index in [2.05, 4.69) is 40.8 Å². The highest BCUT2D eigenvalue weighted by Crippen LogP contribution is 2.25. The number of hydrogen-bond acceptors (Lipinski definition) is 6. The fraction of sp³-hybridized carbons (Fsp3) is 0.562. The standard InChI is InChI=1S/C16H22N4O2/c1-16(2,3)14-18-15(19-22-14)20-9-6-13(10-20)21-11-12-4-7-17-8-5-12/h4-5,7-8,13H,6,9-11H2,1-3H3/t13-/m0/s1. The first kappa shape index (κ1) is 15.0. The fourth-order valence-electron chi connectivity index (χ4n) is 2.39. The maximum Gasteiger partial charge on any atom is 0.266 e. The molecule has 0 N–H and O–H groups in total. The number of aromatic nitrogens is 3. The van der Waals surface area contributed by atoms with Gasteiger partial charge in [-0.25, -0.2) is 0 Å². The number of pyridine rings is 1. The van der Waals surface area contributed by atoms with E-state index in [0.717, 1.165) is 25.1 Å². The Morgan fingerprint density at radius 2 is 2.09 bits per heavy atom. The van der Waals surface area contributed by atoms with Crippen molar-refractivity contribution in [3.63, 3.8) is 0 Å². The van der Waals surface area contributed by atoms with Gasteiger partial charge in [0.15, 0.2) is 0 Å². The second kappa shape index (κ2) is 6.04. The molecule has 3 heterocycles. The third-order valence-corrected chi connectivity index (χ3v) is 3.72. The van der Waals surface area contributed by atoms with Gasteiger partial charge in [-0.3, -0.25) is 4.98 Å². The molecule has 0 spiro atoms. The van der Waals surface area contributed by atoms with Crippen molar-refractivity contribution in [3.05, 3.63) is 36.0 Å². The Morgan fingerprint density at radius 1 is 1.32 bits per heavy atom. The van der Waals surface area contributed by atoms with Crippen molar-refractivity contribution < 1.29 is 9.26 Å². The van der Waals surface area contributed by atoms with Crippen LogP contribution in [0.15, 0.2) is 29.0 Å². The van der Waals surface area contributed by atoms with Gasteiger partial charge in [0.1, 0.15) is 0 Å². The molecule has 2 aromatic heterocycles. The lowest BCUT2D eigenvalue weighted by molar-refractivity contribution is 0.0552. The Hall–Kier alpha value is -1.95. The third kappa shape index (κ3) is 3.44. The maximum absolute atomic E-state index is 5.96. The van der Waals surface area contributed by atoms with Gasteiger partial charge in [0.2, 0.25) is 5.89 Å². The lowest BCUT2D eigenvalue weighted by Gasteiger charge is -2.14. The normalized spacial score (nSPS) is 18.9. The molecule has 0 aromatic carbocycles. The molecule has 1 saturated heterocycles. The van der Waals surface area contributed by atoms with Crippen molar-refractivity contribution in [1.82, 2.24) is 15.1 Å². The quantitative estimate of drug-likeness (QED) is 0.865. The first-order chi connectivity index (χ1) is 10.5. The summed E-state index contributed by atoms with van der Waals surface area (Å²) in [5.41, 5.74) is 1.02. The number of nitrogens with zero attached hydrogens (tertiary/aromatic N) is 4. The van der Waals surface area contributed by atoms with E-state index in [-0.39, 0.29) is 11.5 Å². The van der Waals surface area contributed by atoms with Crippen LogP contribution in [0, 0.1) is 0 Å². The molecule has 0 saturated carbocycles. The zero-order chi connectivity index (χ0) is 15.6. The highest BCUT2D eigenvalue weighted by molar-refractivity contribution is 5.30. The molecule has 1 aliphatic rings. The van der Waals surface area contributed by atoms with Gasteiger partial charge in [0, 0.05) is 30.9 Å². The largest absolute Gasteiger partial charge is 0.372 e. The van der Waals surface area contributed by atoms with E-state index in [4.69, 9.17) is 9.26 Å². The van der Waals surface area contributed by atoms with Crippen LogP contribution in [-0.4, -0.2) is 34.3 Å². The summed E-state index contributed by atoms with van der Waals surface area (Å²) in [5.74, 6) is 1.34. The molecule has 1 fully saturated rings. The summed E-state index contributed by atoms with van der Waals surface area (Å²) in [6, 6.07) is 3.95. The Kier molecular flexibility index (Phi) is 4.11. The molecule has 2 aromatic rings. The number of ether oxygens (including phenoxy) is 1. The van der Waals surface area contributed by atoms with Crippen molar-refractivity contribution in [2.45, 2.75) is 45.3 Å². The van der Waals surface area contributed by atoms with Gasteiger partial charge in [-0.05, 0) is 29.3 Å². The van der Waals surface area contributed by atoms with Crippen molar-refractivity contribution in [3.8, 4) is 0 Å². The van der Waals surface area contributed by atoms with Crippen LogP contribution in [0.1, 0.15) is 38.6 Å². The highest BCUT2D eigenvalue weighted by Gasteiger charge is 2.29. The topological polar surface area (TPSA) is 64.3 Å². The molecule has 0 aliphatic carbocycles. The van der Waals surface area contributed by atoms with E-state index >= 15 is 0 Å². The second-order valence-corrected chi connectivity index (χ2v) is 6.67. The Balaban J connectivity index is 1.55. The Labute approximate surface area is 130 Å². The van der Waals surface area contributed by atoms with E-state index in [1.165, 1.54) is 0 Å². The lowest BCUT2D eigenvalue weighted by atomic mass is 9.97. The van der Waals surface area contributed by atoms with Gasteiger partial charge in [-0.2, -0.15) is 4.98 Å². The van der Waals surface area contributed by atoms with Gasteiger partial charge in [0.05, 0.1) is 12.7 Å². The summed E-state index contributed by atoms with van der Waals surface area (Å²) < 4.78 is 11.3. The molecule has 3 rings (SSSR count). The number of hydrogen-bond donors (Lipinski definition) is 0. The van der Waals surface area contributed by atoms with Crippen LogP contribution < -0.4 is 4.90 Å². The second-order valence-electron chi connectivity index (χ2n) is 6.67. The molecule has 0 radical (unpaired) electrons. The predicted molar refractivity (Wildman–Crippen MR) is 82.6 cm³/mol. The maximum atomic E-state index is 5.96. The minimum absolute atomic E-state index is 0.123. The van der Waals surface area contributed by atoms with Crippen LogP contribution in [0.25, 0.3) is 0 Å². The van der Waals surface area contributed by atoms with Gasteiger partial charge in [-0.1, -0.05) is 20.8 Å². The molecule has 118 valence electrons. The van der Waals surface area contributed by atoms with Crippen molar-refractivity contribution in [1.29, 1.82) is 0 Å². The minimum Gasteiger partial charge on any atom is -0.372 e. The first-order valence-corrected chi connectivity index (χ1v) is 7.62. The molecule has 0 amide bonds. The summed E-state index contributed by atoms with van der Waals surface area (Å²) in [4.78, 5) is 10.6. The Bertz CT molecular complexity index is 606.